The largest absolute Gasteiger partial charge is 0.444 e. The Hall–Kier alpha value is -3.11. The predicted molar refractivity (Wildman–Crippen MR) is 133 cm³/mol. The number of carbonyl (C=O) groups excluding carboxylic acids is 1. The summed E-state index contributed by atoms with van der Waals surface area (Å²) in [4.78, 5) is 38.0. The Kier molecular flexibility index (Phi) is 7.83. The average molecular weight is 508 g/mol. The monoisotopic (exact) mass is 507 g/mol. The molecule has 0 aliphatic heterocycles. The first kappa shape index (κ1) is 25.5. The molecule has 182 valence electrons. The van der Waals surface area contributed by atoms with E-state index in [-0.39, 0.29) is 22.9 Å². The smallest absolute Gasteiger partial charge is 0.407 e. The van der Waals surface area contributed by atoms with Gasteiger partial charge in [-0.15, -0.1) is 0 Å². The van der Waals surface area contributed by atoms with Crippen molar-refractivity contribution in [1.29, 1.82) is 0 Å². The number of nitrogen functional groups attached to an aromatic ring is 1. The number of hydrogen-bond donors (Lipinski definition) is 3. The van der Waals surface area contributed by atoms with Gasteiger partial charge in [0.05, 0.1) is 22.0 Å². The summed E-state index contributed by atoms with van der Waals surface area (Å²) in [6.45, 7) is 7.77. The molecule has 0 saturated carbocycles. The number of hydrogen-bond acceptors (Lipinski definition) is 8. The maximum atomic E-state index is 13.4. The highest BCUT2D eigenvalue weighted by Crippen LogP contribution is 2.27. The molecule has 0 saturated heterocycles. The standard InChI is InChI=1S/C22H27Cl2N7O3/c1-12(29-18-16(24)17(25)27-11-28-18)19-30-14-8-5-7-13(23)15(14)20(32)31(19)10-6-9-26-21(33)34-22(2,3)4/h5,7-8,11-12H,6,9-10H2,1-4H3,(H,26,33)(H3,25,27,28,29)/t12-/m0/s1. The molecule has 34 heavy (non-hydrogen) atoms. The van der Waals surface area contributed by atoms with Gasteiger partial charge in [0.1, 0.15) is 28.6 Å². The first-order valence-electron chi connectivity index (χ1n) is 10.7. The number of halogens is 2. The maximum absolute atomic E-state index is 13.4. The van der Waals surface area contributed by atoms with E-state index in [1.165, 1.54) is 10.9 Å². The van der Waals surface area contributed by atoms with Crippen LogP contribution in [0, 0.1) is 0 Å². The highest BCUT2D eigenvalue weighted by atomic mass is 35.5. The molecule has 0 aliphatic carbocycles. The SMILES string of the molecule is C[C@H](Nc1ncnc(N)c1Cl)c1nc2cccc(Cl)c2c(=O)n1CCCNC(=O)OC(C)(C)C. The van der Waals surface area contributed by atoms with Crippen LogP contribution in [0.1, 0.15) is 46.0 Å². The summed E-state index contributed by atoms with van der Waals surface area (Å²) in [7, 11) is 0. The van der Waals surface area contributed by atoms with Crippen molar-refractivity contribution in [2.24, 2.45) is 0 Å². The topological polar surface area (TPSA) is 137 Å². The number of amides is 1. The van der Waals surface area contributed by atoms with E-state index in [0.29, 0.717) is 40.5 Å². The molecule has 0 spiro atoms. The number of fused-ring (bicyclic) bond motifs is 1. The highest BCUT2D eigenvalue weighted by molar-refractivity contribution is 6.35. The molecule has 3 rings (SSSR count). The van der Waals surface area contributed by atoms with Crippen LogP contribution < -0.4 is 21.9 Å². The molecule has 3 aromatic rings. The number of alkyl carbamates (subject to hydrolysis) is 1. The number of nitrogens with zero attached hydrogens (tertiary/aromatic N) is 4. The summed E-state index contributed by atoms with van der Waals surface area (Å²) in [6.07, 6.45) is 1.22. The van der Waals surface area contributed by atoms with Crippen molar-refractivity contribution in [2.45, 2.75) is 52.3 Å². The van der Waals surface area contributed by atoms with Crippen LogP contribution >= 0.6 is 23.2 Å². The fraction of sp³-hybridized carbons (Fsp3) is 0.409. The summed E-state index contributed by atoms with van der Waals surface area (Å²) in [5, 5.41) is 6.65. The predicted octanol–water partition coefficient (Wildman–Crippen LogP) is 4.16. The Morgan fingerprint density at radius 1 is 1.26 bits per heavy atom. The number of nitrogens with two attached hydrogens (primary N) is 1. The van der Waals surface area contributed by atoms with Gasteiger partial charge in [-0.2, -0.15) is 0 Å². The normalized spacial score (nSPS) is 12.4. The lowest BCUT2D eigenvalue weighted by atomic mass is 10.2. The molecule has 1 aromatic carbocycles. The molecule has 0 radical (unpaired) electrons. The minimum Gasteiger partial charge on any atom is -0.444 e. The van der Waals surface area contributed by atoms with Crippen molar-refractivity contribution >= 4 is 51.8 Å². The molecule has 1 amide bonds. The van der Waals surface area contributed by atoms with E-state index in [0.717, 1.165) is 0 Å². The molecular formula is C22H27Cl2N7O3. The van der Waals surface area contributed by atoms with E-state index in [4.69, 9.17) is 38.7 Å². The second-order valence-corrected chi connectivity index (χ2v) is 9.42. The van der Waals surface area contributed by atoms with Crippen molar-refractivity contribution in [3.05, 3.63) is 50.7 Å². The molecule has 2 aromatic heterocycles. The van der Waals surface area contributed by atoms with E-state index in [2.05, 4.69) is 20.6 Å². The quantitative estimate of drug-likeness (QED) is 0.405. The fourth-order valence-electron chi connectivity index (χ4n) is 3.28. The van der Waals surface area contributed by atoms with Gasteiger partial charge in [0.2, 0.25) is 0 Å². The van der Waals surface area contributed by atoms with Gasteiger partial charge in [-0.05, 0) is 46.2 Å². The van der Waals surface area contributed by atoms with Crippen LogP contribution in [0.4, 0.5) is 16.4 Å². The summed E-state index contributed by atoms with van der Waals surface area (Å²) in [5.74, 6) is 0.903. The Bertz CT molecular complexity index is 1260. The minimum absolute atomic E-state index is 0.134. The Morgan fingerprint density at radius 2 is 2.00 bits per heavy atom. The van der Waals surface area contributed by atoms with Crippen LogP contribution in [0.5, 0.6) is 0 Å². The van der Waals surface area contributed by atoms with Gasteiger partial charge >= 0.3 is 6.09 Å². The van der Waals surface area contributed by atoms with Crippen molar-refractivity contribution in [2.75, 3.05) is 17.6 Å². The van der Waals surface area contributed by atoms with Crippen LogP contribution in [0.2, 0.25) is 10.0 Å². The van der Waals surface area contributed by atoms with E-state index in [1.807, 2.05) is 6.92 Å². The lowest BCUT2D eigenvalue weighted by molar-refractivity contribution is 0.0526. The number of benzene rings is 1. The molecule has 0 aliphatic rings. The van der Waals surface area contributed by atoms with E-state index in [9.17, 15) is 9.59 Å². The fourth-order valence-corrected chi connectivity index (χ4v) is 3.69. The molecule has 0 fully saturated rings. The van der Waals surface area contributed by atoms with Gasteiger partial charge in [0.15, 0.2) is 5.82 Å². The second-order valence-electron chi connectivity index (χ2n) is 8.63. The lowest BCUT2D eigenvalue weighted by Crippen LogP contribution is -2.34. The summed E-state index contributed by atoms with van der Waals surface area (Å²) in [6, 6.07) is 4.63. The third-order valence-electron chi connectivity index (χ3n) is 4.75. The van der Waals surface area contributed by atoms with Crippen molar-refractivity contribution in [1.82, 2.24) is 24.8 Å². The van der Waals surface area contributed by atoms with E-state index < -0.39 is 17.7 Å². The van der Waals surface area contributed by atoms with Crippen molar-refractivity contribution in [3.8, 4) is 0 Å². The molecule has 10 nitrogen and oxygen atoms in total. The number of rotatable bonds is 7. The molecule has 2 heterocycles. The van der Waals surface area contributed by atoms with Gasteiger partial charge in [-0.1, -0.05) is 29.3 Å². The van der Waals surface area contributed by atoms with Crippen LogP contribution in [-0.4, -0.2) is 37.8 Å². The van der Waals surface area contributed by atoms with Crippen LogP contribution in [0.25, 0.3) is 10.9 Å². The molecule has 4 N–H and O–H groups in total. The Morgan fingerprint density at radius 3 is 2.71 bits per heavy atom. The number of ether oxygens (including phenoxy) is 1. The molecule has 1 atom stereocenters. The zero-order valence-corrected chi connectivity index (χ0v) is 20.9. The van der Waals surface area contributed by atoms with E-state index >= 15 is 0 Å². The first-order chi connectivity index (χ1) is 16.0. The van der Waals surface area contributed by atoms with Gasteiger partial charge < -0.3 is 21.1 Å². The third-order valence-corrected chi connectivity index (χ3v) is 5.43. The van der Waals surface area contributed by atoms with Crippen LogP contribution in [0.15, 0.2) is 29.3 Å². The average Bonchev–Trinajstić information content (AvgIpc) is 2.74. The maximum Gasteiger partial charge on any atom is 0.407 e. The highest BCUT2D eigenvalue weighted by Gasteiger charge is 2.20. The number of anilines is 2. The van der Waals surface area contributed by atoms with Crippen molar-refractivity contribution in [3.63, 3.8) is 0 Å². The van der Waals surface area contributed by atoms with E-state index in [1.54, 1.807) is 39.0 Å². The number of aromatic nitrogens is 4. The molecule has 0 unspecified atom stereocenters. The molecule has 12 heteroatoms. The van der Waals surface area contributed by atoms with Gasteiger partial charge in [0.25, 0.3) is 5.56 Å². The minimum atomic E-state index is -0.597. The zero-order valence-electron chi connectivity index (χ0n) is 19.4. The zero-order chi connectivity index (χ0) is 25.0. The Labute approximate surface area is 206 Å². The summed E-state index contributed by atoms with van der Waals surface area (Å²) in [5.41, 5.74) is 5.36. The van der Waals surface area contributed by atoms with Crippen LogP contribution in [0.3, 0.4) is 0 Å². The lowest BCUT2D eigenvalue weighted by Gasteiger charge is -2.21. The molecular weight excluding hydrogens is 481 g/mol. The third kappa shape index (κ3) is 6.06. The first-order valence-corrected chi connectivity index (χ1v) is 11.4. The molecule has 0 bridgehead atoms. The van der Waals surface area contributed by atoms with Gasteiger partial charge in [0, 0.05) is 13.1 Å². The summed E-state index contributed by atoms with van der Waals surface area (Å²) >= 11 is 12.5. The number of carbonyl (C=O) groups is 1. The number of nitrogens with one attached hydrogen (secondary N) is 2. The van der Waals surface area contributed by atoms with Crippen molar-refractivity contribution < 1.29 is 9.53 Å². The summed E-state index contributed by atoms with van der Waals surface area (Å²) < 4.78 is 6.77. The second kappa shape index (κ2) is 10.4. The Balaban J connectivity index is 1.89. The van der Waals surface area contributed by atoms with Crippen LogP contribution in [-0.2, 0) is 11.3 Å². The van der Waals surface area contributed by atoms with Gasteiger partial charge in [-0.3, -0.25) is 9.36 Å². The van der Waals surface area contributed by atoms with Gasteiger partial charge in [-0.25, -0.2) is 19.7 Å².